The van der Waals surface area contributed by atoms with Crippen LogP contribution < -0.4 is 4.74 Å². The Hall–Kier alpha value is -2.33. The summed E-state index contributed by atoms with van der Waals surface area (Å²) in [5, 5.41) is 0. The van der Waals surface area contributed by atoms with Gasteiger partial charge in [-0.2, -0.15) is 0 Å². The fourth-order valence-electron chi connectivity index (χ4n) is 4.65. The second kappa shape index (κ2) is 15.6. The number of hydrogen-bond acceptors (Lipinski definition) is 3. The van der Waals surface area contributed by atoms with E-state index in [-0.39, 0.29) is 12.0 Å². The number of para-hydroxylation sites is 1. The van der Waals surface area contributed by atoms with Gasteiger partial charge in [-0.1, -0.05) is 101 Å². The van der Waals surface area contributed by atoms with Crippen LogP contribution >= 0.6 is 0 Å². The summed E-state index contributed by atoms with van der Waals surface area (Å²) in [6.07, 6.45) is 10.3. The first-order valence-electron chi connectivity index (χ1n) is 13.7. The van der Waals surface area contributed by atoms with Crippen LogP contribution in [0.2, 0.25) is 0 Å². The molecule has 0 fully saturated rings. The zero-order valence-corrected chi connectivity index (χ0v) is 22.8. The van der Waals surface area contributed by atoms with Crippen molar-refractivity contribution < 1.29 is 18.8 Å². The summed E-state index contributed by atoms with van der Waals surface area (Å²) in [6.45, 7) is 7.15. The largest absolute Gasteiger partial charge is 0.455 e. The van der Waals surface area contributed by atoms with Crippen LogP contribution in [0.4, 0.5) is 0 Å². The summed E-state index contributed by atoms with van der Waals surface area (Å²) < 4.78 is 12.8. The first-order chi connectivity index (χ1) is 16.9. The molecular weight excluding hydrogens is 434 g/mol. The van der Waals surface area contributed by atoms with Crippen molar-refractivity contribution in [3.63, 3.8) is 0 Å². The standard InChI is InChI=1S/C31H48NO3/c1-6-9-10-11-12-16-22-27-23-17-18-24-29(27)34-30(8-3)35-31(33)28(19-7-2)32(4,5)25-26-20-14-13-15-21-26/h13-15,17-18,20-21,23-24,28,30H,6-12,16,19,22,25H2,1-5H3/q+1. The predicted octanol–water partition coefficient (Wildman–Crippen LogP) is 7.69. The second-order valence-electron chi connectivity index (χ2n) is 10.2. The Morgan fingerprint density at radius 1 is 0.829 bits per heavy atom. The number of aryl methyl sites for hydroxylation is 1. The van der Waals surface area contributed by atoms with Gasteiger partial charge in [-0.3, -0.25) is 0 Å². The maximum atomic E-state index is 13.4. The van der Waals surface area contributed by atoms with Crippen molar-refractivity contribution in [1.29, 1.82) is 0 Å². The van der Waals surface area contributed by atoms with Gasteiger partial charge < -0.3 is 14.0 Å². The molecule has 0 spiro atoms. The molecular formula is C31H48NO3+. The highest BCUT2D eigenvalue weighted by Gasteiger charge is 2.37. The summed E-state index contributed by atoms with van der Waals surface area (Å²) in [4.78, 5) is 13.4. The first kappa shape index (κ1) is 28.9. The summed E-state index contributed by atoms with van der Waals surface area (Å²) in [5.41, 5.74) is 2.42. The van der Waals surface area contributed by atoms with Gasteiger partial charge in [-0.05, 0) is 30.9 Å². The Labute approximate surface area is 214 Å². The lowest BCUT2D eigenvalue weighted by Gasteiger charge is -2.37. The van der Waals surface area contributed by atoms with E-state index in [9.17, 15) is 4.79 Å². The number of ether oxygens (including phenoxy) is 2. The molecule has 35 heavy (non-hydrogen) atoms. The third-order valence-corrected chi connectivity index (χ3v) is 6.72. The highest BCUT2D eigenvalue weighted by molar-refractivity contribution is 5.74. The van der Waals surface area contributed by atoms with E-state index in [1.165, 1.54) is 43.2 Å². The molecule has 0 heterocycles. The monoisotopic (exact) mass is 482 g/mol. The molecule has 2 rings (SSSR count). The lowest BCUT2D eigenvalue weighted by molar-refractivity contribution is -0.920. The number of rotatable bonds is 17. The van der Waals surface area contributed by atoms with E-state index in [2.05, 4.69) is 52.2 Å². The molecule has 0 aliphatic heterocycles. The molecule has 2 atom stereocenters. The Bertz CT molecular complexity index is 849. The fourth-order valence-corrected chi connectivity index (χ4v) is 4.65. The number of hydrogen-bond donors (Lipinski definition) is 0. The van der Waals surface area contributed by atoms with Crippen LogP contribution in [-0.4, -0.2) is 36.9 Å². The average Bonchev–Trinajstić information content (AvgIpc) is 2.85. The zero-order valence-electron chi connectivity index (χ0n) is 22.8. The molecule has 2 unspecified atom stereocenters. The van der Waals surface area contributed by atoms with Gasteiger partial charge in [0.2, 0.25) is 6.29 Å². The molecule has 2 aromatic carbocycles. The summed E-state index contributed by atoms with van der Waals surface area (Å²) >= 11 is 0. The molecule has 4 nitrogen and oxygen atoms in total. The van der Waals surface area contributed by atoms with Crippen LogP contribution in [-0.2, 0) is 22.5 Å². The van der Waals surface area contributed by atoms with Crippen molar-refractivity contribution in [3.05, 3.63) is 65.7 Å². The Morgan fingerprint density at radius 2 is 1.49 bits per heavy atom. The zero-order chi connectivity index (χ0) is 25.5. The maximum absolute atomic E-state index is 13.4. The highest BCUT2D eigenvalue weighted by Crippen LogP contribution is 2.25. The van der Waals surface area contributed by atoms with Crippen LogP contribution in [0.25, 0.3) is 0 Å². The van der Waals surface area contributed by atoms with Crippen LogP contribution in [0.1, 0.15) is 89.7 Å². The minimum absolute atomic E-state index is 0.173. The highest BCUT2D eigenvalue weighted by atomic mass is 16.7. The predicted molar refractivity (Wildman–Crippen MR) is 145 cm³/mol. The lowest BCUT2D eigenvalue weighted by atomic mass is 10.0. The van der Waals surface area contributed by atoms with E-state index >= 15 is 0 Å². The molecule has 4 heteroatoms. The van der Waals surface area contributed by atoms with Gasteiger partial charge in [0.25, 0.3) is 0 Å². The number of carbonyl (C=O) groups is 1. The van der Waals surface area contributed by atoms with E-state index in [1.807, 2.05) is 37.3 Å². The Kier molecular flexibility index (Phi) is 12.9. The van der Waals surface area contributed by atoms with E-state index in [0.717, 1.165) is 38.0 Å². The van der Waals surface area contributed by atoms with Crippen LogP contribution in [0.3, 0.4) is 0 Å². The number of likely N-dealkylation sites (N-methyl/N-ethyl adjacent to an activating group) is 1. The number of carbonyl (C=O) groups excluding carboxylic acids is 1. The molecule has 0 amide bonds. The molecule has 194 valence electrons. The van der Waals surface area contributed by atoms with E-state index in [1.54, 1.807) is 0 Å². The SMILES string of the molecule is CCCCCCCCc1ccccc1OC(CC)OC(=O)C(CCC)[N+](C)(C)Cc1ccccc1. The van der Waals surface area contributed by atoms with Crippen molar-refractivity contribution >= 4 is 5.97 Å². The molecule has 0 aromatic heterocycles. The molecule has 0 bridgehead atoms. The topological polar surface area (TPSA) is 35.5 Å². The number of unbranched alkanes of at least 4 members (excludes halogenated alkanes) is 5. The van der Waals surface area contributed by atoms with E-state index < -0.39 is 6.29 Å². The van der Waals surface area contributed by atoms with Crippen molar-refractivity contribution in [2.24, 2.45) is 0 Å². The van der Waals surface area contributed by atoms with Gasteiger partial charge in [0.05, 0.1) is 14.1 Å². The van der Waals surface area contributed by atoms with Crippen LogP contribution in [0.15, 0.2) is 54.6 Å². The maximum Gasteiger partial charge on any atom is 0.368 e. The quantitative estimate of drug-likeness (QED) is 0.100. The molecule has 0 saturated carbocycles. The molecule has 0 N–H and O–H groups in total. The molecule has 2 aromatic rings. The van der Waals surface area contributed by atoms with E-state index in [0.29, 0.717) is 10.9 Å². The number of esters is 1. The van der Waals surface area contributed by atoms with Gasteiger partial charge >= 0.3 is 5.97 Å². The fraction of sp³-hybridized carbons (Fsp3) is 0.581. The van der Waals surface area contributed by atoms with Crippen LogP contribution in [0.5, 0.6) is 5.75 Å². The summed E-state index contributed by atoms with van der Waals surface area (Å²) in [7, 11) is 4.23. The molecule has 0 aliphatic carbocycles. The number of quaternary nitrogens is 1. The first-order valence-corrected chi connectivity index (χ1v) is 13.7. The lowest BCUT2D eigenvalue weighted by Crippen LogP contribution is -2.53. The van der Waals surface area contributed by atoms with Gasteiger partial charge in [-0.25, -0.2) is 4.79 Å². The van der Waals surface area contributed by atoms with Crippen molar-refractivity contribution in [2.45, 2.75) is 104 Å². The second-order valence-corrected chi connectivity index (χ2v) is 10.2. The van der Waals surface area contributed by atoms with E-state index in [4.69, 9.17) is 9.47 Å². The average molecular weight is 483 g/mol. The van der Waals surface area contributed by atoms with Gasteiger partial charge in [0, 0.05) is 18.4 Å². The number of nitrogens with zero attached hydrogens (tertiary/aromatic N) is 1. The molecule has 0 aliphatic rings. The van der Waals surface area contributed by atoms with Crippen LogP contribution in [0, 0.1) is 0 Å². The summed E-state index contributed by atoms with van der Waals surface area (Å²) in [6, 6.07) is 18.3. The Balaban J connectivity index is 2.01. The van der Waals surface area contributed by atoms with Crippen molar-refractivity contribution in [2.75, 3.05) is 14.1 Å². The minimum Gasteiger partial charge on any atom is -0.455 e. The molecule has 0 radical (unpaired) electrons. The van der Waals surface area contributed by atoms with Gasteiger partial charge in [-0.15, -0.1) is 0 Å². The van der Waals surface area contributed by atoms with Gasteiger partial charge in [0.15, 0.2) is 6.04 Å². The number of benzene rings is 2. The smallest absolute Gasteiger partial charge is 0.368 e. The molecule has 0 saturated heterocycles. The van der Waals surface area contributed by atoms with Crippen molar-refractivity contribution in [3.8, 4) is 5.75 Å². The normalized spacial score (nSPS) is 13.3. The summed E-state index contributed by atoms with van der Waals surface area (Å²) in [5.74, 6) is 0.666. The van der Waals surface area contributed by atoms with Gasteiger partial charge in [0.1, 0.15) is 12.3 Å². The third-order valence-electron chi connectivity index (χ3n) is 6.72. The van der Waals surface area contributed by atoms with Crippen molar-refractivity contribution in [1.82, 2.24) is 0 Å². The Morgan fingerprint density at radius 3 is 2.17 bits per heavy atom. The minimum atomic E-state index is -0.579. The third kappa shape index (κ3) is 10.0.